The minimum atomic E-state index is -2.36. The van der Waals surface area contributed by atoms with Crippen molar-refractivity contribution in [3.8, 4) is 0 Å². The van der Waals surface area contributed by atoms with Gasteiger partial charge in [0.1, 0.15) is 18.3 Å². The third-order valence-electron chi connectivity index (χ3n) is 9.43. The van der Waals surface area contributed by atoms with Gasteiger partial charge in [0.2, 0.25) is 6.10 Å². The maximum Gasteiger partial charge on any atom is 0.350 e. The first-order valence-corrected chi connectivity index (χ1v) is 11.0. The number of ketones is 1. The SMILES string of the molecule is CC(=O)OC1C(=O)OC2CC3C(C)=CC(=O)C(O)C3(C)C3C4(O)OCC23C1(O)C1(CO1)C4O. The zero-order valence-electron chi connectivity index (χ0n) is 18.3. The molecule has 0 aromatic heterocycles. The van der Waals surface area contributed by atoms with E-state index in [0.29, 0.717) is 5.57 Å². The second-order valence-electron chi connectivity index (χ2n) is 10.6. The Morgan fingerprint density at radius 1 is 1.18 bits per heavy atom. The van der Waals surface area contributed by atoms with Crippen molar-refractivity contribution in [1.29, 1.82) is 0 Å². The zero-order chi connectivity index (χ0) is 23.9. The molecular weight excluding hydrogens is 440 g/mol. The lowest BCUT2D eigenvalue weighted by molar-refractivity contribution is -0.379. The average molecular weight is 466 g/mol. The molecule has 3 aliphatic heterocycles. The van der Waals surface area contributed by atoms with E-state index in [0.717, 1.165) is 6.92 Å². The van der Waals surface area contributed by atoms with Crippen LogP contribution in [0.3, 0.4) is 0 Å². The molecule has 0 amide bonds. The van der Waals surface area contributed by atoms with E-state index in [4.69, 9.17) is 18.9 Å². The minimum absolute atomic E-state index is 0.117. The van der Waals surface area contributed by atoms with E-state index in [-0.39, 0.29) is 19.6 Å². The molecule has 3 saturated heterocycles. The molecule has 6 aliphatic rings. The third-order valence-corrected chi connectivity index (χ3v) is 9.43. The van der Waals surface area contributed by atoms with Crippen LogP contribution in [0, 0.1) is 22.7 Å². The van der Waals surface area contributed by atoms with Crippen molar-refractivity contribution in [1.82, 2.24) is 0 Å². The molecule has 2 spiro atoms. The van der Waals surface area contributed by atoms with Gasteiger partial charge >= 0.3 is 11.9 Å². The number of allylic oxidation sites excluding steroid dienone is 1. The molecule has 3 heterocycles. The Kier molecular flexibility index (Phi) is 3.83. The van der Waals surface area contributed by atoms with E-state index in [1.165, 1.54) is 6.08 Å². The third kappa shape index (κ3) is 1.96. The number of fused-ring (bicyclic) bond motifs is 2. The summed E-state index contributed by atoms with van der Waals surface area (Å²) in [5.74, 6) is -6.59. The highest BCUT2D eigenvalue weighted by Crippen LogP contribution is 2.77. The maximum absolute atomic E-state index is 13.1. The van der Waals surface area contributed by atoms with Gasteiger partial charge in [-0.25, -0.2) is 4.79 Å². The first kappa shape index (κ1) is 21.6. The van der Waals surface area contributed by atoms with Crippen molar-refractivity contribution >= 4 is 17.7 Å². The number of rotatable bonds is 1. The highest BCUT2D eigenvalue weighted by Gasteiger charge is 2.95. The molecule has 3 aliphatic carbocycles. The van der Waals surface area contributed by atoms with Gasteiger partial charge in [0.25, 0.3) is 0 Å². The van der Waals surface area contributed by atoms with Crippen LogP contribution in [0.25, 0.3) is 0 Å². The topological polar surface area (TPSA) is 172 Å². The summed E-state index contributed by atoms with van der Waals surface area (Å²) >= 11 is 0. The Hall–Kier alpha value is -1.89. The predicted molar refractivity (Wildman–Crippen MR) is 103 cm³/mol. The van der Waals surface area contributed by atoms with E-state index in [2.05, 4.69) is 0 Å². The first-order chi connectivity index (χ1) is 15.3. The van der Waals surface area contributed by atoms with Crippen molar-refractivity contribution in [2.45, 2.75) is 68.6 Å². The lowest BCUT2D eigenvalue weighted by Crippen LogP contribution is -2.88. The predicted octanol–water partition coefficient (Wildman–Crippen LogP) is -2.04. The van der Waals surface area contributed by atoms with Crippen LogP contribution in [0.4, 0.5) is 0 Å². The van der Waals surface area contributed by atoms with Crippen molar-refractivity contribution in [3.63, 3.8) is 0 Å². The van der Waals surface area contributed by atoms with E-state index >= 15 is 0 Å². The van der Waals surface area contributed by atoms with Crippen LogP contribution in [-0.2, 0) is 33.3 Å². The van der Waals surface area contributed by atoms with Crippen LogP contribution in [0.2, 0.25) is 0 Å². The summed E-state index contributed by atoms with van der Waals surface area (Å²) in [5, 5.41) is 46.8. The molecule has 180 valence electrons. The Balaban J connectivity index is 1.66. The van der Waals surface area contributed by atoms with Gasteiger partial charge in [0, 0.05) is 18.3 Å². The van der Waals surface area contributed by atoms with Crippen LogP contribution in [0.1, 0.15) is 27.2 Å². The number of esters is 2. The van der Waals surface area contributed by atoms with Crippen LogP contribution >= 0.6 is 0 Å². The highest BCUT2D eigenvalue weighted by atomic mass is 16.7. The second kappa shape index (κ2) is 5.84. The number of aliphatic hydroxyl groups is 4. The highest BCUT2D eigenvalue weighted by molar-refractivity contribution is 5.96. The summed E-state index contributed by atoms with van der Waals surface area (Å²) in [6, 6.07) is 0. The number of aliphatic hydroxyl groups excluding tert-OH is 2. The molecule has 0 aromatic carbocycles. The first-order valence-electron chi connectivity index (χ1n) is 11.0. The van der Waals surface area contributed by atoms with E-state index in [1.54, 1.807) is 13.8 Å². The number of ether oxygens (including phenoxy) is 4. The molecule has 11 nitrogen and oxygen atoms in total. The van der Waals surface area contributed by atoms with E-state index < -0.39 is 81.8 Å². The molecule has 11 unspecified atom stereocenters. The second-order valence-corrected chi connectivity index (χ2v) is 10.6. The normalized spacial score (nSPS) is 58.2. The Morgan fingerprint density at radius 2 is 1.85 bits per heavy atom. The monoisotopic (exact) mass is 466 g/mol. The van der Waals surface area contributed by atoms with Crippen LogP contribution in [0.5, 0.6) is 0 Å². The van der Waals surface area contributed by atoms with Crippen LogP contribution in [0.15, 0.2) is 11.6 Å². The van der Waals surface area contributed by atoms with Gasteiger partial charge in [-0.15, -0.1) is 0 Å². The Bertz CT molecular complexity index is 1030. The summed E-state index contributed by atoms with van der Waals surface area (Å²) < 4.78 is 22.3. The molecule has 2 saturated carbocycles. The number of hydrogen-bond acceptors (Lipinski definition) is 11. The smallest absolute Gasteiger partial charge is 0.350 e. The van der Waals surface area contributed by atoms with Crippen molar-refractivity contribution < 1.29 is 53.8 Å². The maximum atomic E-state index is 13.1. The molecule has 0 radical (unpaired) electrons. The largest absolute Gasteiger partial charge is 0.459 e. The van der Waals surface area contributed by atoms with Crippen LogP contribution in [-0.4, -0.2) is 92.8 Å². The van der Waals surface area contributed by atoms with E-state index in [9.17, 15) is 34.8 Å². The lowest BCUT2D eigenvalue weighted by Gasteiger charge is -2.70. The number of carbonyl (C=O) groups excluding carboxylic acids is 3. The van der Waals surface area contributed by atoms with Gasteiger partial charge in [0.05, 0.1) is 18.6 Å². The summed E-state index contributed by atoms with van der Waals surface area (Å²) in [5.41, 5.74) is -6.66. The van der Waals surface area contributed by atoms with E-state index in [1.807, 2.05) is 0 Å². The van der Waals surface area contributed by atoms with Crippen molar-refractivity contribution in [2.24, 2.45) is 22.7 Å². The molecule has 5 fully saturated rings. The Labute approximate surface area is 188 Å². The van der Waals surface area contributed by atoms with Gasteiger partial charge in [-0.2, -0.15) is 0 Å². The van der Waals surface area contributed by atoms with Gasteiger partial charge in [-0.3, -0.25) is 9.59 Å². The Morgan fingerprint density at radius 3 is 2.45 bits per heavy atom. The molecule has 0 aromatic rings. The van der Waals surface area contributed by atoms with Gasteiger partial charge in [-0.1, -0.05) is 12.5 Å². The molecule has 4 N–H and O–H groups in total. The average Bonchev–Trinajstić information content (AvgIpc) is 3.48. The fourth-order valence-corrected chi connectivity index (χ4v) is 8.16. The molecule has 33 heavy (non-hydrogen) atoms. The van der Waals surface area contributed by atoms with Gasteiger partial charge < -0.3 is 39.4 Å². The quantitative estimate of drug-likeness (QED) is 0.248. The molecule has 2 bridgehead atoms. The molecule has 11 atom stereocenters. The summed E-state index contributed by atoms with van der Waals surface area (Å²) in [4.78, 5) is 37.7. The summed E-state index contributed by atoms with van der Waals surface area (Å²) in [7, 11) is 0. The molecule has 6 rings (SSSR count). The number of epoxide rings is 1. The lowest BCUT2D eigenvalue weighted by atomic mass is 9.36. The van der Waals surface area contributed by atoms with Crippen molar-refractivity contribution in [3.05, 3.63) is 11.6 Å². The minimum Gasteiger partial charge on any atom is -0.459 e. The summed E-state index contributed by atoms with van der Waals surface area (Å²) in [6.45, 7) is 3.77. The summed E-state index contributed by atoms with van der Waals surface area (Å²) in [6.07, 6.45) is -4.92. The number of carbonyl (C=O) groups is 3. The zero-order valence-corrected chi connectivity index (χ0v) is 18.3. The standard InChI is InChI=1S/C22H26O11/c1-8-4-11(24)13(25)18(3)10(8)5-12-19-6-31-21(28,16(18)19)17(27)20(7-30-20)22(19,29)14(15(26)33-12)32-9(2)23/h4,10,12-14,16-17,25,27-29H,5-7H2,1-3H3. The number of hydrogen-bond donors (Lipinski definition) is 4. The molecule has 11 heteroatoms. The van der Waals surface area contributed by atoms with Gasteiger partial charge in [0.15, 0.2) is 22.8 Å². The fourth-order valence-electron chi connectivity index (χ4n) is 8.16. The fraction of sp³-hybridized carbons (Fsp3) is 0.773. The molecular formula is C22H26O11. The van der Waals surface area contributed by atoms with Crippen LogP contribution < -0.4 is 0 Å². The van der Waals surface area contributed by atoms with Crippen molar-refractivity contribution in [2.75, 3.05) is 13.2 Å². The van der Waals surface area contributed by atoms with Gasteiger partial charge in [-0.05, 0) is 25.3 Å².